The summed E-state index contributed by atoms with van der Waals surface area (Å²) < 4.78 is 3.72. The average Bonchev–Trinajstić information content (AvgIpc) is 3.20. The topological polar surface area (TPSA) is 77.6 Å². The molecule has 1 saturated carbocycles. The van der Waals surface area contributed by atoms with Crippen molar-refractivity contribution in [2.75, 3.05) is 0 Å². The summed E-state index contributed by atoms with van der Waals surface area (Å²) in [4.78, 5) is 12.4. The van der Waals surface area contributed by atoms with Crippen molar-refractivity contribution >= 4 is 5.91 Å². The molecule has 1 fully saturated rings. The molecule has 1 unspecified atom stereocenters. The van der Waals surface area contributed by atoms with Gasteiger partial charge in [0.15, 0.2) is 5.69 Å². The normalized spacial score (nSPS) is 16.6. The number of aryl methyl sites for hydroxylation is 3. The molecule has 2 heterocycles. The molecule has 7 heteroatoms. The van der Waals surface area contributed by atoms with Gasteiger partial charge in [0.1, 0.15) is 0 Å². The Kier molecular flexibility index (Phi) is 6.06. The fourth-order valence-corrected chi connectivity index (χ4v) is 3.76. The maximum atomic E-state index is 12.4. The second-order valence-corrected chi connectivity index (χ2v) is 7.64. The Morgan fingerprint density at radius 1 is 1.31 bits per heavy atom. The van der Waals surface area contributed by atoms with Gasteiger partial charge in [-0.05, 0) is 39.2 Å². The van der Waals surface area contributed by atoms with Crippen LogP contribution in [0.5, 0.6) is 0 Å². The van der Waals surface area contributed by atoms with Gasteiger partial charge in [0.05, 0.1) is 18.4 Å². The minimum absolute atomic E-state index is 0.0344. The third-order valence-corrected chi connectivity index (χ3v) is 5.19. The molecule has 0 aromatic carbocycles. The lowest BCUT2D eigenvalue weighted by Gasteiger charge is -2.20. The number of nitrogens with one attached hydrogen (secondary N) is 1. The lowest BCUT2D eigenvalue weighted by Crippen LogP contribution is -2.36. The first-order chi connectivity index (χ1) is 12.5. The van der Waals surface area contributed by atoms with Gasteiger partial charge in [-0.1, -0.05) is 37.3 Å². The van der Waals surface area contributed by atoms with E-state index in [1.807, 2.05) is 31.5 Å². The van der Waals surface area contributed by atoms with Gasteiger partial charge in [0.25, 0.3) is 5.91 Å². The molecular weight excluding hydrogens is 328 g/mol. The van der Waals surface area contributed by atoms with Crippen molar-refractivity contribution in [3.8, 4) is 0 Å². The standard InChI is InChI=1S/C19H30N6O/c1-14-11-16(3)25(22-14)12-15(2)20-19(26)18-13-24(23-21-18)10-9-17-7-5-4-6-8-17/h11,13,15,17H,4-10,12H2,1-3H3,(H,20,26). The van der Waals surface area contributed by atoms with Gasteiger partial charge in [0.2, 0.25) is 0 Å². The first-order valence-electron chi connectivity index (χ1n) is 9.73. The fraction of sp³-hybridized carbons (Fsp3) is 0.684. The molecular formula is C19H30N6O. The van der Waals surface area contributed by atoms with E-state index in [-0.39, 0.29) is 11.9 Å². The summed E-state index contributed by atoms with van der Waals surface area (Å²) in [6, 6.07) is 2.00. The van der Waals surface area contributed by atoms with Gasteiger partial charge in [-0.25, -0.2) is 0 Å². The summed E-state index contributed by atoms with van der Waals surface area (Å²) >= 11 is 0. The maximum absolute atomic E-state index is 12.4. The number of carbonyl (C=O) groups excluding carboxylic acids is 1. The predicted octanol–water partition coefficient (Wildman–Crippen LogP) is 2.88. The smallest absolute Gasteiger partial charge is 0.273 e. The van der Waals surface area contributed by atoms with Gasteiger partial charge in [-0.15, -0.1) is 5.10 Å². The molecule has 7 nitrogen and oxygen atoms in total. The van der Waals surface area contributed by atoms with E-state index in [9.17, 15) is 4.79 Å². The molecule has 142 valence electrons. The number of hydrogen-bond donors (Lipinski definition) is 1. The highest BCUT2D eigenvalue weighted by Crippen LogP contribution is 2.26. The first kappa shape index (κ1) is 18.6. The van der Waals surface area contributed by atoms with Crippen molar-refractivity contribution in [3.63, 3.8) is 0 Å². The van der Waals surface area contributed by atoms with E-state index in [2.05, 4.69) is 20.7 Å². The van der Waals surface area contributed by atoms with Crippen LogP contribution in [0.25, 0.3) is 0 Å². The van der Waals surface area contributed by atoms with Crippen molar-refractivity contribution < 1.29 is 4.79 Å². The zero-order chi connectivity index (χ0) is 18.5. The number of rotatable bonds is 7. The second-order valence-electron chi connectivity index (χ2n) is 7.64. The van der Waals surface area contributed by atoms with E-state index in [0.717, 1.165) is 30.3 Å². The number of aromatic nitrogens is 5. The lowest BCUT2D eigenvalue weighted by molar-refractivity contribution is 0.0930. The average molecular weight is 358 g/mol. The minimum Gasteiger partial charge on any atom is -0.346 e. The van der Waals surface area contributed by atoms with Gasteiger partial charge >= 0.3 is 0 Å². The van der Waals surface area contributed by atoms with Crippen molar-refractivity contribution in [1.82, 2.24) is 30.1 Å². The van der Waals surface area contributed by atoms with Crippen molar-refractivity contribution in [3.05, 3.63) is 29.3 Å². The number of carbonyl (C=O) groups is 1. The first-order valence-corrected chi connectivity index (χ1v) is 9.73. The predicted molar refractivity (Wildman–Crippen MR) is 99.8 cm³/mol. The fourth-order valence-electron chi connectivity index (χ4n) is 3.76. The van der Waals surface area contributed by atoms with E-state index in [1.165, 1.54) is 32.1 Å². The molecule has 3 rings (SSSR count). The Labute approximate surface area is 155 Å². The van der Waals surface area contributed by atoms with Crippen molar-refractivity contribution in [1.29, 1.82) is 0 Å². The summed E-state index contributed by atoms with van der Waals surface area (Å²) in [7, 11) is 0. The Morgan fingerprint density at radius 3 is 2.77 bits per heavy atom. The van der Waals surface area contributed by atoms with Gasteiger partial charge in [0, 0.05) is 18.3 Å². The summed E-state index contributed by atoms with van der Waals surface area (Å²) in [6.07, 6.45) is 9.61. The van der Waals surface area contributed by atoms with Gasteiger partial charge < -0.3 is 5.32 Å². The molecule has 0 bridgehead atoms. The maximum Gasteiger partial charge on any atom is 0.273 e. The quantitative estimate of drug-likeness (QED) is 0.825. The molecule has 26 heavy (non-hydrogen) atoms. The van der Waals surface area contributed by atoms with Gasteiger partial charge in [-0.3, -0.25) is 14.2 Å². The van der Waals surface area contributed by atoms with Crippen molar-refractivity contribution in [2.24, 2.45) is 5.92 Å². The number of hydrogen-bond acceptors (Lipinski definition) is 4. The molecule has 0 spiro atoms. The molecule has 2 aromatic rings. The van der Waals surface area contributed by atoms with Crippen LogP contribution in [0, 0.1) is 19.8 Å². The third kappa shape index (κ3) is 4.93. The highest BCUT2D eigenvalue weighted by molar-refractivity contribution is 5.92. The summed E-state index contributed by atoms with van der Waals surface area (Å²) in [5, 5.41) is 15.6. The van der Waals surface area contributed by atoms with Crippen molar-refractivity contribution in [2.45, 2.75) is 78.4 Å². The van der Waals surface area contributed by atoms with Crippen LogP contribution in [0.1, 0.15) is 67.3 Å². The molecule has 1 N–H and O–H groups in total. The zero-order valence-corrected chi connectivity index (χ0v) is 16.1. The van der Waals surface area contributed by atoms with E-state index in [1.54, 1.807) is 10.9 Å². The van der Waals surface area contributed by atoms with Crippen LogP contribution < -0.4 is 5.32 Å². The molecule has 1 amide bonds. The Balaban J connectivity index is 1.48. The summed E-state index contributed by atoms with van der Waals surface area (Å²) in [5.74, 6) is 0.619. The monoisotopic (exact) mass is 358 g/mol. The molecule has 1 aliphatic rings. The minimum atomic E-state index is -0.178. The van der Waals surface area contributed by atoms with Crippen LogP contribution in [0.3, 0.4) is 0 Å². The van der Waals surface area contributed by atoms with Crippen LogP contribution >= 0.6 is 0 Å². The Bertz CT molecular complexity index is 728. The highest BCUT2D eigenvalue weighted by atomic mass is 16.2. The number of nitrogens with zero attached hydrogens (tertiary/aromatic N) is 5. The molecule has 2 aromatic heterocycles. The van der Waals surface area contributed by atoms with Crippen LogP contribution in [0.2, 0.25) is 0 Å². The second kappa shape index (κ2) is 8.47. The molecule has 0 aliphatic heterocycles. The summed E-state index contributed by atoms with van der Waals surface area (Å²) in [6.45, 7) is 7.44. The number of amides is 1. The molecule has 0 radical (unpaired) electrons. The van der Waals surface area contributed by atoms with Crippen LogP contribution in [-0.2, 0) is 13.1 Å². The van der Waals surface area contributed by atoms with Gasteiger partial charge in [-0.2, -0.15) is 5.10 Å². The largest absolute Gasteiger partial charge is 0.346 e. The highest BCUT2D eigenvalue weighted by Gasteiger charge is 2.17. The Hall–Kier alpha value is -2.18. The molecule has 0 saturated heterocycles. The molecule has 1 aliphatic carbocycles. The SMILES string of the molecule is Cc1cc(C)n(CC(C)NC(=O)c2cn(CCC3CCCCC3)nn2)n1. The van der Waals surface area contributed by atoms with E-state index in [0.29, 0.717) is 12.2 Å². The van der Waals surface area contributed by atoms with Crippen LogP contribution in [0.15, 0.2) is 12.3 Å². The summed E-state index contributed by atoms with van der Waals surface area (Å²) in [5.41, 5.74) is 2.47. The van der Waals surface area contributed by atoms with E-state index < -0.39 is 0 Å². The van der Waals surface area contributed by atoms with Crippen LogP contribution in [-0.4, -0.2) is 36.7 Å². The zero-order valence-electron chi connectivity index (χ0n) is 16.1. The Morgan fingerprint density at radius 2 is 2.08 bits per heavy atom. The van der Waals surface area contributed by atoms with E-state index >= 15 is 0 Å². The molecule has 1 atom stereocenters. The third-order valence-electron chi connectivity index (χ3n) is 5.19. The lowest BCUT2D eigenvalue weighted by atomic mass is 9.87. The van der Waals surface area contributed by atoms with E-state index in [4.69, 9.17) is 0 Å². The van der Waals surface area contributed by atoms with Crippen LogP contribution in [0.4, 0.5) is 0 Å².